The number of fused-ring (bicyclic) bond motifs is 1. The van der Waals surface area contributed by atoms with Gasteiger partial charge in [0, 0.05) is 31.3 Å². The molecule has 0 radical (unpaired) electrons. The van der Waals surface area contributed by atoms with Crippen molar-refractivity contribution in [2.75, 3.05) is 26.2 Å². The van der Waals surface area contributed by atoms with Gasteiger partial charge < -0.3 is 9.64 Å². The van der Waals surface area contributed by atoms with Crippen LogP contribution in [0.2, 0.25) is 5.02 Å². The quantitative estimate of drug-likeness (QED) is 0.478. The molecule has 172 valence electrons. The van der Waals surface area contributed by atoms with Crippen molar-refractivity contribution in [1.82, 2.24) is 9.80 Å². The highest BCUT2D eigenvalue weighted by Gasteiger charge is 2.34. The van der Waals surface area contributed by atoms with E-state index < -0.39 is 0 Å². The lowest BCUT2D eigenvalue weighted by Gasteiger charge is -2.32. The van der Waals surface area contributed by atoms with Gasteiger partial charge in [0.2, 0.25) is 0 Å². The highest BCUT2D eigenvalue weighted by Crippen LogP contribution is 2.36. The summed E-state index contributed by atoms with van der Waals surface area (Å²) in [5.74, 6) is 1.55. The first-order valence-electron chi connectivity index (χ1n) is 12.0. The van der Waals surface area contributed by atoms with E-state index in [0.717, 1.165) is 74.2 Å². The summed E-state index contributed by atoms with van der Waals surface area (Å²) in [6.07, 6.45) is 13.1. The van der Waals surface area contributed by atoms with Gasteiger partial charge in [0.05, 0.1) is 16.7 Å². The maximum Gasteiger partial charge on any atom is 0.256 e. The number of ether oxygens (including phenoxy) is 1. The fourth-order valence-corrected chi connectivity index (χ4v) is 5.66. The summed E-state index contributed by atoms with van der Waals surface area (Å²) in [7, 11) is 0. The van der Waals surface area contributed by atoms with E-state index in [0.29, 0.717) is 10.9 Å². The molecule has 2 aliphatic heterocycles. The molecule has 0 N–H and O–H groups in total. The van der Waals surface area contributed by atoms with Crippen molar-refractivity contribution in [3.8, 4) is 0 Å². The Hall–Kier alpha value is -1.33. The molecule has 2 heterocycles. The van der Waals surface area contributed by atoms with Crippen LogP contribution in [0.3, 0.4) is 0 Å². The van der Waals surface area contributed by atoms with Crippen LogP contribution >= 0.6 is 23.2 Å². The zero-order valence-electron chi connectivity index (χ0n) is 18.6. The standard InChI is InChI=1S/C26H32Cl2N2O2/c27-22-3-5-23(6-4-22)32-12-9-18-7-10-29(11-8-18)15-20-13-21-17-30(16-19-1-2-19)26(31)25(21)24(28)14-20/h3-5,13-14,18-19,23H,1-2,6-12,15-17H2. The number of carbonyl (C=O) groups excluding carboxylic acids is 1. The second-order valence-corrected chi connectivity index (χ2v) is 10.7. The van der Waals surface area contributed by atoms with Crippen LogP contribution in [0.15, 0.2) is 35.4 Å². The van der Waals surface area contributed by atoms with Gasteiger partial charge in [-0.2, -0.15) is 0 Å². The molecule has 0 spiro atoms. The van der Waals surface area contributed by atoms with E-state index in [4.69, 9.17) is 27.9 Å². The van der Waals surface area contributed by atoms with Crippen molar-refractivity contribution >= 4 is 29.1 Å². The van der Waals surface area contributed by atoms with E-state index >= 15 is 0 Å². The number of hydrogen-bond donors (Lipinski definition) is 0. The number of rotatable bonds is 8. The highest BCUT2D eigenvalue weighted by molar-refractivity contribution is 6.34. The Labute approximate surface area is 201 Å². The van der Waals surface area contributed by atoms with Gasteiger partial charge in [0.15, 0.2) is 0 Å². The largest absolute Gasteiger partial charge is 0.374 e. The average molecular weight is 475 g/mol. The zero-order chi connectivity index (χ0) is 22.1. The SMILES string of the molecule is O=C1c2c(Cl)cc(CN3CCC(CCOC4C=CC(Cl)=CC4)CC3)cc2CN1CC1CC1. The Bertz CT molecular complexity index is 917. The third-order valence-electron chi connectivity index (χ3n) is 7.26. The number of piperidine rings is 1. The number of halogens is 2. The van der Waals surface area contributed by atoms with E-state index in [1.54, 1.807) is 0 Å². The monoisotopic (exact) mass is 474 g/mol. The van der Waals surface area contributed by atoms with E-state index in [-0.39, 0.29) is 12.0 Å². The summed E-state index contributed by atoms with van der Waals surface area (Å²) in [6, 6.07) is 4.22. The molecule has 6 heteroatoms. The van der Waals surface area contributed by atoms with Crippen molar-refractivity contribution in [1.29, 1.82) is 0 Å². The number of amides is 1. The van der Waals surface area contributed by atoms with E-state index in [1.807, 2.05) is 23.1 Å². The molecule has 4 nitrogen and oxygen atoms in total. The van der Waals surface area contributed by atoms with Gasteiger partial charge in [-0.15, -0.1) is 0 Å². The van der Waals surface area contributed by atoms with Gasteiger partial charge in [-0.05, 0) is 86.7 Å². The van der Waals surface area contributed by atoms with Crippen LogP contribution < -0.4 is 0 Å². The summed E-state index contributed by atoms with van der Waals surface area (Å²) in [4.78, 5) is 17.2. The van der Waals surface area contributed by atoms with E-state index in [2.05, 4.69) is 17.0 Å². The lowest BCUT2D eigenvalue weighted by atomic mass is 9.93. The number of hydrogen-bond acceptors (Lipinski definition) is 3. The predicted molar refractivity (Wildman–Crippen MR) is 129 cm³/mol. The first kappa shape index (κ1) is 22.5. The van der Waals surface area contributed by atoms with E-state index in [1.165, 1.54) is 31.2 Å². The van der Waals surface area contributed by atoms with Gasteiger partial charge in [-0.1, -0.05) is 41.4 Å². The average Bonchev–Trinajstić information content (AvgIpc) is 3.54. The fraction of sp³-hybridized carbons (Fsp3) is 0.577. The Kier molecular flexibility index (Phi) is 6.94. The third-order valence-corrected chi connectivity index (χ3v) is 7.83. The molecule has 5 rings (SSSR count). The normalized spacial score (nSPS) is 24.2. The second kappa shape index (κ2) is 9.89. The first-order chi connectivity index (χ1) is 15.5. The predicted octanol–water partition coefficient (Wildman–Crippen LogP) is 5.78. The lowest BCUT2D eigenvalue weighted by molar-refractivity contribution is 0.0649. The lowest BCUT2D eigenvalue weighted by Crippen LogP contribution is -2.33. The molecule has 4 aliphatic rings. The topological polar surface area (TPSA) is 32.8 Å². The van der Waals surface area contributed by atoms with Crippen LogP contribution in [0.1, 0.15) is 60.0 Å². The second-order valence-electron chi connectivity index (χ2n) is 9.84. The van der Waals surface area contributed by atoms with Crippen LogP contribution in [0.4, 0.5) is 0 Å². The van der Waals surface area contributed by atoms with Gasteiger partial charge in [0.25, 0.3) is 5.91 Å². The molecule has 32 heavy (non-hydrogen) atoms. The number of allylic oxidation sites excluding steroid dienone is 2. The minimum absolute atomic E-state index is 0.120. The molecule has 1 atom stereocenters. The number of nitrogens with zero attached hydrogens (tertiary/aromatic N) is 2. The summed E-state index contributed by atoms with van der Waals surface area (Å²) < 4.78 is 6.01. The molecule has 1 amide bonds. The van der Waals surface area contributed by atoms with Crippen molar-refractivity contribution in [3.63, 3.8) is 0 Å². The molecule has 1 saturated carbocycles. The molecule has 1 unspecified atom stereocenters. The molecule has 1 aromatic rings. The molecule has 2 aliphatic carbocycles. The molecular formula is C26H32Cl2N2O2. The molecule has 2 fully saturated rings. The zero-order valence-corrected chi connectivity index (χ0v) is 20.1. The summed E-state index contributed by atoms with van der Waals surface area (Å²) in [6.45, 7) is 5.54. The molecule has 0 bridgehead atoms. The Morgan fingerprint density at radius 2 is 1.88 bits per heavy atom. The van der Waals surface area contributed by atoms with Gasteiger partial charge in [-0.3, -0.25) is 9.69 Å². The Morgan fingerprint density at radius 3 is 2.59 bits per heavy atom. The summed E-state index contributed by atoms with van der Waals surface area (Å²) >= 11 is 12.5. The van der Waals surface area contributed by atoms with Crippen molar-refractivity contribution in [3.05, 3.63) is 57.1 Å². The minimum atomic E-state index is 0.120. The molecule has 1 aromatic carbocycles. The maximum absolute atomic E-state index is 12.7. The fourth-order valence-electron chi connectivity index (χ4n) is 5.15. The third kappa shape index (κ3) is 5.41. The Morgan fingerprint density at radius 1 is 1.06 bits per heavy atom. The van der Waals surface area contributed by atoms with Crippen molar-refractivity contribution in [2.45, 2.75) is 57.7 Å². The summed E-state index contributed by atoms with van der Waals surface area (Å²) in [5, 5.41) is 1.43. The van der Waals surface area contributed by atoms with Crippen LogP contribution in [-0.4, -0.2) is 48.1 Å². The number of likely N-dealkylation sites (tertiary alicyclic amines) is 1. The number of carbonyl (C=O) groups is 1. The Balaban J connectivity index is 1.08. The van der Waals surface area contributed by atoms with Gasteiger partial charge in [-0.25, -0.2) is 0 Å². The maximum atomic E-state index is 12.7. The van der Waals surface area contributed by atoms with E-state index in [9.17, 15) is 4.79 Å². The van der Waals surface area contributed by atoms with Crippen LogP contribution in [0.5, 0.6) is 0 Å². The molecular weight excluding hydrogens is 443 g/mol. The van der Waals surface area contributed by atoms with Crippen LogP contribution in [-0.2, 0) is 17.8 Å². The van der Waals surface area contributed by atoms with Crippen LogP contribution in [0, 0.1) is 11.8 Å². The van der Waals surface area contributed by atoms with Gasteiger partial charge in [0.1, 0.15) is 0 Å². The smallest absolute Gasteiger partial charge is 0.256 e. The first-order valence-corrected chi connectivity index (χ1v) is 12.8. The number of benzene rings is 1. The van der Waals surface area contributed by atoms with Gasteiger partial charge >= 0.3 is 0 Å². The molecule has 0 aromatic heterocycles. The molecule has 1 saturated heterocycles. The minimum Gasteiger partial charge on any atom is -0.374 e. The highest BCUT2D eigenvalue weighted by atomic mass is 35.5. The van der Waals surface area contributed by atoms with Crippen LogP contribution in [0.25, 0.3) is 0 Å². The van der Waals surface area contributed by atoms with Crippen molar-refractivity contribution < 1.29 is 9.53 Å². The van der Waals surface area contributed by atoms with Crippen molar-refractivity contribution in [2.24, 2.45) is 11.8 Å². The summed E-state index contributed by atoms with van der Waals surface area (Å²) in [5.41, 5.74) is 3.07.